The SMILES string of the molecule is C=C(C)[C@@H]1CC[C@]2(C)C[C@@H](OC(C)=O)/C(C=O)=C\CC/C(C)=C/CC12. The first-order valence-electron chi connectivity index (χ1n) is 9.40. The topological polar surface area (TPSA) is 43.4 Å². The van der Waals surface area contributed by atoms with Crippen molar-refractivity contribution in [3.8, 4) is 0 Å². The van der Waals surface area contributed by atoms with Gasteiger partial charge in [-0.1, -0.05) is 36.8 Å². The monoisotopic (exact) mass is 344 g/mol. The molecule has 0 aliphatic heterocycles. The van der Waals surface area contributed by atoms with Gasteiger partial charge in [-0.05, 0) is 69.6 Å². The van der Waals surface area contributed by atoms with Crippen LogP contribution in [0.2, 0.25) is 0 Å². The molecule has 3 heteroatoms. The molecule has 0 aromatic heterocycles. The van der Waals surface area contributed by atoms with Crippen molar-refractivity contribution in [1.29, 1.82) is 0 Å². The second-order valence-corrected chi connectivity index (χ2v) is 8.20. The average Bonchev–Trinajstić information content (AvgIpc) is 2.84. The van der Waals surface area contributed by atoms with Gasteiger partial charge < -0.3 is 4.74 Å². The lowest BCUT2D eigenvalue weighted by Crippen LogP contribution is -2.33. The van der Waals surface area contributed by atoms with Crippen molar-refractivity contribution >= 4 is 12.3 Å². The Morgan fingerprint density at radius 1 is 1.36 bits per heavy atom. The number of carbonyl (C=O) groups is 2. The van der Waals surface area contributed by atoms with E-state index >= 15 is 0 Å². The minimum Gasteiger partial charge on any atom is -0.458 e. The summed E-state index contributed by atoms with van der Waals surface area (Å²) < 4.78 is 5.59. The van der Waals surface area contributed by atoms with Gasteiger partial charge in [0.15, 0.2) is 0 Å². The lowest BCUT2D eigenvalue weighted by Gasteiger charge is -2.36. The summed E-state index contributed by atoms with van der Waals surface area (Å²) in [5, 5.41) is 0. The van der Waals surface area contributed by atoms with E-state index in [9.17, 15) is 9.59 Å². The highest BCUT2D eigenvalue weighted by molar-refractivity contribution is 5.76. The first-order valence-corrected chi connectivity index (χ1v) is 9.40. The van der Waals surface area contributed by atoms with E-state index in [4.69, 9.17) is 4.74 Å². The average molecular weight is 344 g/mol. The number of ether oxygens (including phenoxy) is 1. The van der Waals surface area contributed by atoms with Crippen LogP contribution in [0.1, 0.15) is 66.2 Å². The molecule has 0 N–H and O–H groups in total. The van der Waals surface area contributed by atoms with Crippen LogP contribution in [0.3, 0.4) is 0 Å². The largest absolute Gasteiger partial charge is 0.458 e. The van der Waals surface area contributed by atoms with Gasteiger partial charge in [0, 0.05) is 12.5 Å². The van der Waals surface area contributed by atoms with E-state index in [1.54, 1.807) is 0 Å². The lowest BCUT2D eigenvalue weighted by atomic mass is 9.70. The molecule has 0 saturated heterocycles. The van der Waals surface area contributed by atoms with Crippen molar-refractivity contribution in [2.24, 2.45) is 17.3 Å². The number of esters is 1. The second-order valence-electron chi connectivity index (χ2n) is 8.20. The van der Waals surface area contributed by atoms with Crippen LogP contribution in [0.5, 0.6) is 0 Å². The molecule has 0 aromatic carbocycles. The van der Waals surface area contributed by atoms with E-state index in [0.29, 0.717) is 23.8 Å². The van der Waals surface area contributed by atoms with Gasteiger partial charge >= 0.3 is 5.97 Å². The number of hydrogen-bond acceptors (Lipinski definition) is 3. The van der Waals surface area contributed by atoms with Gasteiger partial charge in [0.25, 0.3) is 0 Å². The van der Waals surface area contributed by atoms with E-state index in [1.807, 2.05) is 6.08 Å². The first kappa shape index (κ1) is 19.7. The summed E-state index contributed by atoms with van der Waals surface area (Å²) in [7, 11) is 0. The van der Waals surface area contributed by atoms with Crippen molar-refractivity contribution in [3.63, 3.8) is 0 Å². The van der Waals surface area contributed by atoms with Gasteiger partial charge in [-0.3, -0.25) is 9.59 Å². The summed E-state index contributed by atoms with van der Waals surface area (Å²) in [4.78, 5) is 23.3. The highest BCUT2D eigenvalue weighted by Gasteiger charge is 2.46. The van der Waals surface area contributed by atoms with Crippen molar-refractivity contribution in [3.05, 3.63) is 35.5 Å². The summed E-state index contributed by atoms with van der Waals surface area (Å²) in [6.45, 7) is 12.2. The highest BCUT2D eigenvalue weighted by atomic mass is 16.5. The molecule has 2 aliphatic carbocycles. The van der Waals surface area contributed by atoms with Crippen molar-refractivity contribution in [2.75, 3.05) is 0 Å². The Kier molecular flexibility index (Phi) is 6.42. The third-order valence-corrected chi connectivity index (χ3v) is 6.15. The fraction of sp³-hybridized carbons (Fsp3) is 0.636. The Morgan fingerprint density at radius 3 is 2.68 bits per heavy atom. The van der Waals surface area contributed by atoms with Gasteiger partial charge in [-0.25, -0.2) is 0 Å². The fourth-order valence-electron chi connectivity index (χ4n) is 4.65. The van der Waals surface area contributed by atoms with Crippen LogP contribution < -0.4 is 0 Å². The second kappa shape index (κ2) is 8.16. The number of rotatable bonds is 3. The third-order valence-electron chi connectivity index (χ3n) is 6.15. The van der Waals surface area contributed by atoms with Crippen LogP contribution in [0.15, 0.2) is 35.5 Å². The van der Waals surface area contributed by atoms with Gasteiger partial charge in [0.05, 0.1) is 0 Å². The Morgan fingerprint density at radius 2 is 2.08 bits per heavy atom. The van der Waals surface area contributed by atoms with Crippen molar-refractivity contribution in [2.45, 2.75) is 72.3 Å². The van der Waals surface area contributed by atoms with Gasteiger partial charge in [-0.2, -0.15) is 0 Å². The van der Waals surface area contributed by atoms with Crippen LogP contribution >= 0.6 is 0 Å². The molecule has 138 valence electrons. The van der Waals surface area contributed by atoms with Crippen molar-refractivity contribution in [1.82, 2.24) is 0 Å². The van der Waals surface area contributed by atoms with Crippen LogP contribution in [-0.2, 0) is 14.3 Å². The van der Waals surface area contributed by atoms with Crippen LogP contribution in [0, 0.1) is 17.3 Å². The number of aldehydes is 1. The molecule has 0 spiro atoms. The van der Waals surface area contributed by atoms with Crippen LogP contribution in [0.25, 0.3) is 0 Å². The maximum Gasteiger partial charge on any atom is 0.303 e. The van der Waals surface area contributed by atoms with Crippen LogP contribution in [0.4, 0.5) is 0 Å². The standard InChI is InChI=1S/C22H32O3/c1-15(2)19-11-12-22(5)13-21(25-17(4)24)18(14-23)8-6-7-16(3)9-10-20(19)22/h8-9,14,19-21H,1,6-7,10-13H2,2-5H3/b16-9+,18-8-/t19-,20?,21+,22+/m0/s1. The van der Waals surface area contributed by atoms with Gasteiger partial charge in [0.1, 0.15) is 12.4 Å². The summed E-state index contributed by atoms with van der Waals surface area (Å²) in [5.74, 6) is 0.650. The Labute approximate surface area is 152 Å². The predicted molar refractivity (Wildman–Crippen MR) is 101 cm³/mol. The molecule has 2 rings (SSSR count). The zero-order valence-corrected chi connectivity index (χ0v) is 16.1. The Bertz CT molecular complexity index is 598. The fourth-order valence-corrected chi connectivity index (χ4v) is 4.65. The molecule has 3 nitrogen and oxygen atoms in total. The number of hydrogen-bond donors (Lipinski definition) is 0. The molecule has 0 heterocycles. The van der Waals surface area contributed by atoms with Gasteiger partial charge in [0.2, 0.25) is 0 Å². The van der Waals surface area contributed by atoms with E-state index in [-0.39, 0.29) is 11.4 Å². The molecular weight excluding hydrogens is 312 g/mol. The smallest absolute Gasteiger partial charge is 0.303 e. The molecular formula is C22H32O3. The number of fused-ring (bicyclic) bond motifs is 1. The molecule has 1 fully saturated rings. The molecule has 4 atom stereocenters. The minimum atomic E-state index is -0.440. The third kappa shape index (κ3) is 4.71. The zero-order chi connectivity index (χ0) is 18.6. The molecule has 1 unspecified atom stereocenters. The summed E-state index contributed by atoms with van der Waals surface area (Å²) in [6.07, 6.45) is 10.4. The summed E-state index contributed by atoms with van der Waals surface area (Å²) >= 11 is 0. The first-order chi connectivity index (χ1) is 11.8. The molecule has 1 saturated carbocycles. The maximum atomic E-state index is 11.7. The molecule has 25 heavy (non-hydrogen) atoms. The molecule has 0 bridgehead atoms. The molecule has 0 aromatic rings. The summed E-state index contributed by atoms with van der Waals surface area (Å²) in [6, 6.07) is 0. The Balaban J connectivity index is 2.42. The lowest BCUT2D eigenvalue weighted by molar-refractivity contribution is -0.146. The Hall–Kier alpha value is -1.64. The number of carbonyl (C=O) groups excluding carboxylic acids is 2. The van der Waals surface area contributed by atoms with Crippen molar-refractivity contribution < 1.29 is 14.3 Å². The van der Waals surface area contributed by atoms with E-state index in [1.165, 1.54) is 18.1 Å². The van der Waals surface area contributed by atoms with E-state index in [2.05, 4.69) is 33.4 Å². The van der Waals surface area contributed by atoms with Gasteiger partial charge in [-0.15, -0.1) is 0 Å². The molecule has 0 amide bonds. The highest BCUT2D eigenvalue weighted by Crippen LogP contribution is 2.54. The minimum absolute atomic E-state index is 0.0347. The molecule has 2 aliphatic rings. The number of allylic oxidation sites excluding steroid dienone is 4. The predicted octanol–water partition coefficient (Wildman–Crippen LogP) is 5.17. The maximum absolute atomic E-state index is 11.7. The van der Waals surface area contributed by atoms with E-state index in [0.717, 1.165) is 38.4 Å². The zero-order valence-electron chi connectivity index (χ0n) is 16.1. The molecule has 0 radical (unpaired) electrons. The van der Waals surface area contributed by atoms with Crippen LogP contribution in [-0.4, -0.2) is 18.4 Å². The quantitative estimate of drug-likeness (QED) is 0.403. The van der Waals surface area contributed by atoms with E-state index < -0.39 is 6.10 Å². The normalized spacial score (nSPS) is 37.5. The summed E-state index contributed by atoms with van der Waals surface area (Å²) in [5.41, 5.74) is 3.25.